The number of allylic oxidation sites excluding steroid dienone is 1. The summed E-state index contributed by atoms with van der Waals surface area (Å²) in [5.74, 6) is 0.813. The molecule has 23 heavy (non-hydrogen) atoms. The van der Waals surface area contributed by atoms with Crippen LogP contribution in [0.4, 0.5) is 0 Å². The van der Waals surface area contributed by atoms with Gasteiger partial charge in [0.25, 0.3) is 0 Å². The van der Waals surface area contributed by atoms with Gasteiger partial charge in [-0.3, -0.25) is 0 Å². The zero-order valence-corrected chi connectivity index (χ0v) is 14.3. The van der Waals surface area contributed by atoms with Crippen LogP contribution < -0.4 is 0 Å². The second-order valence-corrected chi connectivity index (χ2v) is 9.17. The van der Waals surface area contributed by atoms with Gasteiger partial charge in [-0.1, -0.05) is 19.4 Å². The molecule has 2 heterocycles. The summed E-state index contributed by atoms with van der Waals surface area (Å²) in [4.78, 5) is 0. The Morgan fingerprint density at radius 1 is 1.22 bits per heavy atom. The maximum absolute atomic E-state index is 11.6. The van der Waals surface area contributed by atoms with Gasteiger partial charge >= 0.3 is 0 Å². The van der Waals surface area contributed by atoms with Gasteiger partial charge in [0, 0.05) is 17.3 Å². The molecule has 4 heteroatoms. The third-order valence-corrected chi connectivity index (χ3v) is 8.07. The van der Waals surface area contributed by atoms with Gasteiger partial charge in [-0.05, 0) is 44.6 Å². The fraction of sp³-hybridized carbons (Fsp3) is 0.895. The van der Waals surface area contributed by atoms with E-state index in [1.165, 1.54) is 5.57 Å². The van der Waals surface area contributed by atoms with Crippen molar-refractivity contribution in [1.29, 1.82) is 0 Å². The molecule has 1 spiro atoms. The highest BCUT2D eigenvalue weighted by molar-refractivity contribution is 5.37. The van der Waals surface area contributed by atoms with E-state index in [-0.39, 0.29) is 11.7 Å². The Hall–Kier alpha value is -0.420. The van der Waals surface area contributed by atoms with Crippen molar-refractivity contribution in [2.45, 2.75) is 82.4 Å². The van der Waals surface area contributed by atoms with Gasteiger partial charge in [0.15, 0.2) is 0 Å². The Labute approximate surface area is 137 Å². The van der Waals surface area contributed by atoms with Crippen LogP contribution in [0.25, 0.3) is 0 Å². The van der Waals surface area contributed by atoms with Crippen LogP contribution in [0, 0.1) is 17.3 Å². The fourth-order valence-corrected chi connectivity index (χ4v) is 6.41. The van der Waals surface area contributed by atoms with Crippen LogP contribution in [0.3, 0.4) is 0 Å². The average Bonchev–Trinajstić information content (AvgIpc) is 3.15. The molecule has 4 fully saturated rings. The number of epoxide rings is 1. The van der Waals surface area contributed by atoms with Crippen LogP contribution >= 0.6 is 0 Å². The summed E-state index contributed by atoms with van der Waals surface area (Å²) in [7, 11) is 0. The molecule has 3 aliphatic carbocycles. The van der Waals surface area contributed by atoms with Gasteiger partial charge in [-0.15, -0.1) is 0 Å². The summed E-state index contributed by atoms with van der Waals surface area (Å²) < 4.78 is 12.0. The van der Waals surface area contributed by atoms with Crippen molar-refractivity contribution in [3.8, 4) is 0 Å². The van der Waals surface area contributed by atoms with Crippen molar-refractivity contribution in [3.05, 3.63) is 11.1 Å². The first-order chi connectivity index (χ1) is 10.8. The van der Waals surface area contributed by atoms with Crippen LogP contribution in [0.5, 0.6) is 0 Å². The normalized spacial score (nSPS) is 56.5. The molecule has 2 N–H and O–H groups in total. The minimum absolute atomic E-state index is 0.0825. The third kappa shape index (κ3) is 1.61. The fourth-order valence-electron chi connectivity index (χ4n) is 6.41. The summed E-state index contributed by atoms with van der Waals surface area (Å²) in [5.41, 5.74) is 0.923. The molecule has 2 saturated carbocycles. The molecule has 0 aromatic heterocycles. The molecule has 0 radical (unpaired) electrons. The standard InChI is InChI=1S/C19H28O4/c1-10-4-6-18(21)8-12-11-9-22-13(11)5-7-19(12)16(23-19)15(20)14(10)17(18,2)3/h11-13,15-16,20-21H,4-9H2,1-3H3/t11-,12+,13+,15+,16+,18+,19-/m0/s1. The number of aliphatic hydroxyl groups is 2. The van der Waals surface area contributed by atoms with Gasteiger partial charge < -0.3 is 19.7 Å². The Morgan fingerprint density at radius 2 is 2.00 bits per heavy atom. The summed E-state index contributed by atoms with van der Waals surface area (Å²) >= 11 is 0. The highest BCUT2D eigenvalue weighted by Crippen LogP contribution is 2.65. The number of fused-ring (bicyclic) bond motifs is 4. The first-order valence-electron chi connectivity index (χ1n) is 9.20. The van der Waals surface area contributed by atoms with E-state index in [0.717, 1.165) is 44.3 Å². The van der Waals surface area contributed by atoms with E-state index in [1.54, 1.807) is 0 Å². The average molecular weight is 320 g/mol. The molecule has 0 unspecified atom stereocenters. The van der Waals surface area contributed by atoms with Crippen molar-refractivity contribution >= 4 is 0 Å². The van der Waals surface area contributed by atoms with E-state index in [0.29, 0.717) is 17.9 Å². The second kappa shape index (κ2) is 4.21. The van der Waals surface area contributed by atoms with E-state index in [1.807, 2.05) is 0 Å². The largest absolute Gasteiger partial charge is 0.389 e. The van der Waals surface area contributed by atoms with E-state index < -0.39 is 17.1 Å². The first kappa shape index (κ1) is 14.9. The van der Waals surface area contributed by atoms with Crippen LogP contribution in [0.1, 0.15) is 52.9 Å². The number of hydrogen-bond donors (Lipinski definition) is 2. The third-order valence-electron chi connectivity index (χ3n) is 8.07. The monoisotopic (exact) mass is 320 g/mol. The minimum atomic E-state index is -0.755. The minimum Gasteiger partial charge on any atom is -0.389 e. The molecule has 2 saturated heterocycles. The number of hydrogen-bond acceptors (Lipinski definition) is 4. The van der Waals surface area contributed by atoms with Crippen molar-refractivity contribution in [2.24, 2.45) is 17.3 Å². The highest BCUT2D eigenvalue weighted by atomic mass is 16.6. The molecule has 4 nitrogen and oxygen atoms in total. The van der Waals surface area contributed by atoms with Crippen LogP contribution in [-0.2, 0) is 9.47 Å². The molecule has 2 bridgehead atoms. The molecule has 5 rings (SSSR count). The molecular weight excluding hydrogens is 292 g/mol. The van der Waals surface area contributed by atoms with Crippen LogP contribution in [-0.4, -0.2) is 46.3 Å². The zero-order valence-electron chi connectivity index (χ0n) is 14.3. The van der Waals surface area contributed by atoms with Gasteiger partial charge in [-0.25, -0.2) is 0 Å². The topological polar surface area (TPSA) is 62.2 Å². The lowest BCUT2D eigenvalue weighted by Crippen LogP contribution is -2.61. The number of rotatable bonds is 0. The molecule has 128 valence electrons. The van der Waals surface area contributed by atoms with Crippen LogP contribution in [0.15, 0.2) is 11.1 Å². The van der Waals surface area contributed by atoms with Crippen molar-refractivity contribution in [2.75, 3.05) is 6.61 Å². The SMILES string of the molecule is CC1=C2[C@@H](O)[C@H]3O[C@]34CC[C@H]3OC[C@H]3[C@H]4C[C@](O)(CC1)C2(C)C. The summed E-state index contributed by atoms with van der Waals surface area (Å²) in [6, 6.07) is 0. The quantitative estimate of drug-likeness (QED) is 0.530. The van der Waals surface area contributed by atoms with Crippen molar-refractivity contribution in [1.82, 2.24) is 0 Å². The Balaban J connectivity index is 1.64. The molecule has 7 atom stereocenters. The lowest BCUT2D eigenvalue weighted by Gasteiger charge is -2.57. The molecule has 2 aliphatic heterocycles. The molecular formula is C19H28O4. The van der Waals surface area contributed by atoms with E-state index in [2.05, 4.69) is 20.8 Å². The maximum atomic E-state index is 11.6. The molecule has 0 aromatic carbocycles. The van der Waals surface area contributed by atoms with Crippen LogP contribution in [0.2, 0.25) is 0 Å². The number of aliphatic hydroxyl groups excluding tert-OH is 1. The van der Waals surface area contributed by atoms with E-state index in [4.69, 9.17) is 9.47 Å². The molecule has 0 amide bonds. The zero-order chi connectivity index (χ0) is 16.2. The van der Waals surface area contributed by atoms with Gasteiger partial charge in [0.1, 0.15) is 17.8 Å². The van der Waals surface area contributed by atoms with Gasteiger partial charge in [0.2, 0.25) is 0 Å². The number of ether oxygens (including phenoxy) is 2. The summed E-state index contributed by atoms with van der Waals surface area (Å²) in [5, 5.41) is 22.8. The Morgan fingerprint density at radius 3 is 2.70 bits per heavy atom. The van der Waals surface area contributed by atoms with E-state index in [9.17, 15) is 10.2 Å². The lowest BCUT2D eigenvalue weighted by atomic mass is 9.52. The van der Waals surface area contributed by atoms with Gasteiger partial charge in [0.05, 0.1) is 18.3 Å². The maximum Gasteiger partial charge on any atom is 0.117 e. The van der Waals surface area contributed by atoms with E-state index >= 15 is 0 Å². The van der Waals surface area contributed by atoms with Gasteiger partial charge in [-0.2, -0.15) is 0 Å². The smallest absolute Gasteiger partial charge is 0.117 e. The summed E-state index contributed by atoms with van der Waals surface area (Å²) in [6.45, 7) is 7.13. The highest BCUT2D eigenvalue weighted by Gasteiger charge is 2.73. The Bertz CT molecular complexity index is 596. The Kier molecular flexibility index (Phi) is 2.73. The lowest BCUT2D eigenvalue weighted by molar-refractivity contribution is -0.197. The second-order valence-electron chi connectivity index (χ2n) is 9.17. The summed E-state index contributed by atoms with van der Waals surface area (Å²) in [6.07, 6.45) is 4.14. The predicted octanol–water partition coefficient (Wildman–Crippen LogP) is 2.18. The van der Waals surface area contributed by atoms with Crippen molar-refractivity contribution in [3.63, 3.8) is 0 Å². The molecule has 5 aliphatic rings. The molecule has 0 aromatic rings. The first-order valence-corrected chi connectivity index (χ1v) is 9.20. The predicted molar refractivity (Wildman–Crippen MR) is 84.8 cm³/mol. The van der Waals surface area contributed by atoms with Crippen molar-refractivity contribution < 1.29 is 19.7 Å².